The maximum Gasteiger partial charge on any atom is 0.269 e. The molecule has 2 aliphatic rings. The van der Waals surface area contributed by atoms with Crippen molar-refractivity contribution in [2.75, 3.05) is 39.9 Å². The van der Waals surface area contributed by atoms with Crippen LogP contribution < -0.4 is 0 Å². The van der Waals surface area contributed by atoms with E-state index in [4.69, 9.17) is 9.73 Å². The number of likely N-dealkylation sites (tertiary alicyclic amines) is 1. The van der Waals surface area contributed by atoms with Crippen molar-refractivity contribution in [1.82, 2.24) is 9.80 Å². The van der Waals surface area contributed by atoms with Gasteiger partial charge in [-0.1, -0.05) is 49.4 Å². The summed E-state index contributed by atoms with van der Waals surface area (Å²) in [6.45, 7) is 5.55. The number of ether oxygens (including phenoxy) is 1. The summed E-state index contributed by atoms with van der Waals surface area (Å²) in [4.78, 5) is 44.6. The number of methoxy groups -OCH3 is 1. The third-order valence-electron chi connectivity index (χ3n) is 8.17. The van der Waals surface area contributed by atoms with E-state index in [1.165, 1.54) is 17.7 Å². The van der Waals surface area contributed by atoms with Gasteiger partial charge >= 0.3 is 0 Å². The predicted octanol–water partition coefficient (Wildman–Crippen LogP) is 4.41. The van der Waals surface area contributed by atoms with Crippen LogP contribution in [-0.2, 0) is 14.3 Å². The summed E-state index contributed by atoms with van der Waals surface area (Å²) in [5.41, 5.74) is 3.22. The van der Waals surface area contributed by atoms with Crippen molar-refractivity contribution in [2.45, 2.75) is 56.5 Å². The Morgan fingerprint density at radius 1 is 1.12 bits per heavy atom. The van der Waals surface area contributed by atoms with Gasteiger partial charge < -0.3 is 14.5 Å². The Morgan fingerprint density at radius 3 is 2.40 bits per heavy atom. The summed E-state index contributed by atoms with van der Waals surface area (Å²) in [5, 5.41) is 11.2. The van der Waals surface area contributed by atoms with Crippen LogP contribution in [0.2, 0.25) is 0 Å². The minimum absolute atomic E-state index is 0.0335. The quantitative estimate of drug-likeness (QED) is 0.169. The van der Waals surface area contributed by atoms with Crippen LogP contribution in [0.3, 0.4) is 0 Å². The van der Waals surface area contributed by atoms with Crippen molar-refractivity contribution < 1.29 is 19.2 Å². The molecule has 1 fully saturated rings. The molecule has 9 nitrogen and oxygen atoms in total. The molecular weight excluding hydrogens is 508 g/mol. The number of hydrogen-bond donors (Lipinski definition) is 0. The van der Waals surface area contributed by atoms with Crippen molar-refractivity contribution in [3.8, 4) is 0 Å². The van der Waals surface area contributed by atoms with Crippen LogP contribution in [0.25, 0.3) is 0 Å². The fourth-order valence-corrected chi connectivity index (χ4v) is 6.13. The van der Waals surface area contributed by atoms with Crippen LogP contribution in [0, 0.1) is 10.1 Å². The first-order valence-corrected chi connectivity index (χ1v) is 14.0. The van der Waals surface area contributed by atoms with Gasteiger partial charge in [0, 0.05) is 37.3 Å². The number of hydrogen-bond acceptors (Lipinski definition) is 7. The third-order valence-corrected chi connectivity index (χ3v) is 8.17. The van der Waals surface area contributed by atoms with E-state index in [2.05, 4.69) is 41.2 Å². The van der Waals surface area contributed by atoms with Crippen molar-refractivity contribution >= 4 is 23.8 Å². The van der Waals surface area contributed by atoms with Gasteiger partial charge in [0.1, 0.15) is 5.94 Å². The van der Waals surface area contributed by atoms with Gasteiger partial charge in [0.25, 0.3) is 5.69 Å². The molecule has 9 heteroatoms. The summed E-state index contributed by atoms with van der Waals surface area (Å²) in [7, 11) is 1.58. The normalized spacial score (nSPS) is 21.9. The fourth-order valence-electron chi connectivity index (χ4n) is 6.13. The van der Waals surface area contributed by atoms with E-state index < -0.39 is 22.9 Å². The number of rotatable bonds is 12. The van der Waals surface area contributed by atoms with E-state index in [1.54, 1.807) is 24.1 Å². The monoisotopic (exact) mass is 546 g/mol. The molecule has 2 aromatic carbocycles. The lowest BCUT2D eigenvalue weighted by Crippen LogP contribution is -2.51. The van der Waals surface area contributed by atoms with Crippen LogP contribution >= 0.6 is 0 Å². The highest BCUT2D eigenvalue weighted by molar-refractivity contribution is 5.96. The van der Waals surface area contributed by atoms with Crippen LogP contribution in [0.4, 0.5) is 5.69 Å². The first-order valence-electron chi connectivity index (χ1n) is 14.0. The molecule has 1 saturated heterocycles. The summed E-state index contributed by atoms with van der Waals surface area (Å²) in [6, 6.07) is 15.9. The summed E-state index contributed by atoms with van der Waals surface area (Å²) in [5.74, 6) is 2.19. The number of amides is 1. The van der Waals surface area contributed by atoms with E-state index in [0.717, 1.165) is 45.3 Å². The molecule has 2 aromatic rings. The third kappa shape index (κ3) is 6.73. The van der Waals surface area contributed by atoms with Crippen molar-refractivity contribution in [1.29, 1.82) is 0 Å². The summed E-state index contributed by atoms with van der Waals surface area (Å²) >= 11 is 0. The lowest BCUT2D eigenvalue weighted by Gasteiger charge is -2.41. The van der Waals surface area contributed by atoms with E-state index >= 15 is 0 Å². The molecule has 212 valence electrons. The van der Waals surface area contributed by atoms with Gasteiger partial charge in [-0.25, -0.2) is 4.79 Å². The van der Waals surface area contributed by atoms with E-state index in [0.29, 0.717) is 35.7 Å². The highest BCUT2D eigenvalue weighted by Gasteiger charge is 2.42. The van der Waals surface area contributed by atoms with Gasteiger partial charge in [-0.15, -0.1) is 0 Å². The number of carbonyl (C=O) groups is 1. The van der Waals surface area contributed by atoms with Crippen LogP contribution in [-0.4, -0.2) is 84.8 Å². The Bertz CT molecular complexity index is 1220. The molecule has 0 bridgehead atoms. The Kier molecular flexibility index (Phi) is 10.4. The minimum Gasteiger partial charge on any atom is -0.379 e. The van der Waals surface area contributed by atoms with Gasteiger partial charge in [-0.05, 0) is 62.4 Å². The molecule has 2 aliphatic heterocycles. The van der Waals surface area contributed by atoms with Gasteiger partial charge in [0.2, 0.25) is 6.41 Å². The zero-order valence-electron chi connectivity index (χ0n) is 23.3. The minimum atomic E-state index is -0.540. The van der Waals surface area contributed by atoms with E-state index in [9.17, 15) is 19.7 Å². The maximum absolute atomic E-state index is 12.5. The molecule has 0 saturated carbocycles. The van der Waals surface area contributed by atoms with Crippen LogP contribution in [0.5, 0.6) is 0 Å². The molecule has 0 aromatic heterocycles. The second-order valence-electron chi connectivity index (χ2n) is 10.5. The molecule has 0 spiro atoms. The Labute approximate surface area is 235 Å². The molecule has 3 atom stereocenters. The molecule has 3 unspecified atom stereocenters. The van der Waals surface area contributed by atoms with Crippen LogP contribution in [0.1, 0.15) is 55.6 Å². The highest BCUT2D eigenvalue weighted by Crippen LogP contribution is 2.38. The molecule has 1 amide bonds. The number of nitro groups is 1. The van der Waals surface area contributed by atoms with Crippen molar-refractivity contribution in [2.24, 2.45) is 4.99 Å². The average Bonchev–Trinajstić information content (AvgIpc) is 3.00. The molecule has 0 N–H and O–H groups in total. The highest BCUT2D eigenvalue weighted by atomic mass is 16.6. The number of aliphatic imine (C=N–C) groups is 1. The first-order chi connectivity index (χ1) is 19.5. The predicted molar refractivity (Wildman–Crippen MR) is 154 cm³/mol. The lowest BCUT2D eigenvalue weighted by molar-refractivity contribution is -0.384. The summed E-state index contributed by atoms with van der Waals surface area (Å²) in [6.07, 6.45) is 4.42. The van der Waals surface area contributed by atoms with Crippen LogP contribution in [0.15, 0.2) is 65.2 Å². The molecule has 4 rings (SSSR count). The SMILES string of the molecule is CCC1N=C(COC)C(N(C=O)CCCN2CCC(c3ccccc3)CC2)C(c2ccc([N+](=O)[O-])cc2)C1=C=O. The number of carbonyl (C=O) groups excluding carboxylic acids is 2. The largest absolute Gasteiger partial charge is 0.379 e. The zero-order chi connectivity index (χ0) is 28.5. The second kappa shape index (κ2) is 14.1. The standard InChI is InChI=1S/C31H38N4O5/c1-3-28-27(20-36)30(25-10-12-26(13-11-25)35(38)39)31(29(32-28)21-40-2)34(22-37)17-7-16-33-18-14-24(15-19-33)23-8-5-4-6-9-23/h4-6,8-13,22,24,28,30-31H,3,7,14-19,21H2,1-2H3. The Morgan fingerprint density at radius 2 is 1.82 bits per heavy atom. The van der Waals surface area contributed by atoms with Crippen molar-refractivity contribution in [3.63, 3.8) is 0 Å². The Balaban J connectivity index is 1.51. The topological polar surface area (TPSA) is 105 Å². The van der Waals surface area contributed by atoms with Gasteiger partial charge in [-0.3, -0.25) is 19.9 Å². The smallest absolute Gasteiger partial charge is 0.269 e. The molecule has 40 heavy (non-hydrogen) atoms. The first kappa shape index (κ1) is 29.3. The number of non-ortho nitro benzene ring substituents is 1. The van der Waals surface area contributed by atoms with E-state index in [1.807, 2.05) is 6.92 Å². The van der Waals surface area contributed by atoms with Gasteiger partial charge in [0.15, 0.2) is 0 Å². The summed E-state index contributed by atoms with van der Waals surface area (Å²) < 4.78 is 5.47. The Hall–Kier alpha value is -3.65. The van der Waals surface area contributed by atoms with Gasteiger partial charge in [-0.2, -0.15) is 0 Å². The zero-order valence-corrected chi connectivity index (χ0v) is 23.3. The molecule has 0 radical (unpaired) electrons. The molecule has 2 heterocycles. The molecule has 0 aliphatic carbocycles. The number of piperidine rings is 1. The number of benzene rings is 2. The maximum atomic E-state index is 12.5. The van der Waals surface area contributed by atoms with E-state index in [-0.39, 0.29) is 12.3 Å². The van der Waals surface area contributed by atoms with Crippen molar-refractivity contribution in [3.05, 3.63) is 81.4 Å². The molecular formula is C31H38N4O5. The van der Waals surface area contributed by atoms with Gasteiger partial charge in [0.05, 0.1) is 29.3 Å². The lowest BCUT2D eigenvalue weighted by atomic mass is 9.76. The second-order valence-corrected chi connectivity index (χ2v) is 10.5. The number of nitrogens with zero attached hydrogens (tertiary/aromatic N) is 4. The average molecular weight is 547 g/mol. The number of nitro benzene ring substituents is 1. The fraction of sp³-hybridized carbons (Fsp3) is 0.484.